The van der Waals surface area contributed by atoms with Gasteiger partial charge in [0.05, 0.1) is 0 Å². The summed E-state index contributed by atoms with van der Waals surface area (Å²) in [5.74, 6) is 2.32. The Labute approximate surface area is 170 Å². The summed E-state index contributed by atoms with van der Waals surface area (Å²) in [6, 6.07) is 7.91. The number of fused-ring (bicyclic) bond motifs is 1. The van der Waals surface area contributed by atoms with Gasteiger partial charge in [-0.05, 0) is 24.1 Å². The first-order valence-corrected chi connectivity index (χ1v) is 10.2. The SMILES string of the molecule is CCCCNC(=O)c1cc(N2CCN(Cc3ccc4c(c3)OCO4)CC2)ncn1. The Kier molecular flexibility index (Phi) is 6.09. The molecule has 1 fully saturated rings. The summed E-state index contributed by atoms with van der Waals surface area (Å²) >= 11 is 0. The third kappa shape index (κ3) is 4.76. The fourth-order valence-corrected chi connectivity index (χ4v) is 3.55. The molecule has 8 nitrogen and oxygen atoms in total. The molecule has 0 atom stereocenters. The van der Waals surface area contributed by atoms with E-state index in [1.165, 1.54) is 11.9 Å². The highest BCUT2D eigenvalue weighted by molar-refractivity contribution is 5.92. The molecule has 2 aromatic rings. The van der Waals surface area contributed by atoms with Gasteiger partial charge in [0.1, 0.15) is 17.8 Å². The van der Waals surface area contributed by atoms with Crippen molar-refractivity contribution < 1.29 is 14.3 Å². The molecule has 1 aromatic carbocycles. The Hall–Kier alpha value is -2.87. The molecular weight excluding hydrogens is 370 g/mol. The predicted octanol–water partition coefficient (Wildman–Crippen LogP) is 2.06. The number of unbranched alkanes of at least 4 members (excludes halogenated alkanes) is 1. The maximum absolute atomic E-state index is 12.2. The van der Waals surface area contributed by atoms with E-state index in [0.717, 1.165) is 62.9 Å². The molecule has 2 aliphatic rings. The van der Waals surface area contributed by atoms with Crippen molar-refractivity contribution in [3.8, 4) is 11.5 Å². The summed E-state index contributed by atoms with van der Waals surface area (Å²) in [4.78, 5) is 25.4. The minimum atomic E-state index is -0.136. The van der Waals surface area contributed by atoms with E-state index < -0.39 is 0 Å². The molecule has 1 saturated heterocycles. The Balaban J connectivity index is 1.31. The highest BCUT2D eigenvalue weighted by Crippen LogP contribution is 2.32. The lowest BCUT2D eigenvalue weighted by Gasteiger charge is -2.35. The molecule has 0 saturated carbocycles. The van der Waals surface area contributed by atoms with Gasteiger partial charge in [-0.2, -0.15) is 0 Å². The number of hydrogen-bond donors (Lipinski definition) is 1. The van der Waals surface area contributed by atoms with Gasteiger partial charge in [-0.1, -0.05) is 19.4 Å². The monoisotopic (exact) mass is 397 g/mol. The molecule has 0 bridgehead atoms. The van der Waals surface area contributed by atoms with Crippen LogP contribution in [0.25, 0.3) is 0 Å². The number of nitrogens with zero attached hydrogens (tertiary/aromatic N) is 4. The Bertz CT molecular complexity index is 852. The first-order valence-electron chi connectivity index (χ1n) is 10.2. The largest absolute Gasteiger partial charge is 0.454 e. The van der Waals surface area contributed by atoms with E-state index in [-0.39, 0.29) is 5.91 Å². The summed E-state index contributed by atoms with van der Waals surface area (Å²) in [5, 5.41) is 2.91. The van der Waals surface area contributed by atoms with Gasteiger partial charge in [0.2, 0.25) is 6.79 Å². The third-order valence-corrected chi connectivity index (χ3v) is 5.24. The van der Waals surface area contributed by atoms with Gasteiger partial charge in [0.15, 0.2) is 11.5 Å². The molecule has 1 amide bonds. The van der Waals surface area contributed by atoms with Gasteiger partial charge in [0, 0.05) is 45.3 Å². The van der Waals surface area contributed by atoms with Gasteiger partial charge in [-0.3, -0.25) is 9.69 Å². The van der Waals surface area contributed by atoms with E-state index in [1.807, 2.05) is 6.07 Å². The van der Waals surface area contributed by atoms with Crippen molar-refractivity contribution in [2.45, 2.75) is 26.3 Å². The average Bonchev–Trinajstić information content (AvgIpc) is 3.22. The zero-order valence-corrected chi connectivity index (χ0v) is 16.8. The molecule has 1 aromatic heterocycles. The molecule has 29 heavy (non-hydrogen) atoms. The van der Waals surface area contributed by atoms with Crippen LogP contribution in [0.3, 0.4) is 0 Å². The minimum absolute atomic E-state index is 0.136. The van der Waals surface area contributed by atoms with Crippen LogP contribution >= 0.6 is 0 Å². The zero-order chi connectivity index (χ0) is 20.1. The molecule has 2 aliphatic heterocycles. The van der Waals surface area contributed by atoms with Crippen LogP contribution in [0, 0.1) is 0 Å². The molecule has 154 valence electrons. The van der Waals surface area contributed by atoms with Gasteiger partial charge >= 0.3 is 0 Å². The van der Waals surface area contributed by atoms with Crippen LogP contribution in [-0.2, 0) is 6.54 Å². The topological polar surface area (TPSA) is 79.8 Å². The summed E-state index contributed by atoms with van der Waals surface area (Å²) in [6.45, 7) is 7.52. The van der Waals surface area contributed by atoms with Gasteiger partial charge in [0.25, 0.3) is 5.91 Å². The summed E-state index contributed by atoms with van der Waals surface area (Å²) in [6.07, 6.45) is 3.49. The lowest BCUT2D eigenvalue weighted by Crippen LogP contribution is -2.46. The molecule has 0 spiro atoms. The van der Waals surface area contributed by atoms with E-state index in [4.69, 9.17) is 9.47 Å². The van der Waals surface area contributed by atoms with Crippen LogP contribution < -0.4 is 19.7 Å². The Morgan fingerprint density at radius 2 is 1.93 bits per heavy atom. The fourth-order valence-electron chi connectivity index (χ4n) is 3.55. The van der Waals surface area contributed by atoms with Crippen molar-refractivity contribution >= 4 is 11.7 Å². The highest BCUT2D eigenvalue weighted by Gasteiger charge is 2.21. The van der Waals surface area contributed by atoms with E-state index in [2.05, 4.69) is 44.1 Å². The second-order valence-corrected chi connectivity index (χ2v) is 7.32. The average molecular weight is 397 g/mol. The zero-order valence-electron chi connectivity index (χ0n) is 16.8. The number of ether oxygens (including phenoxy) is 2. The third-order valence-electron chi connectivity index (χ3n) is 5.24. The second-order valence-electron chi connectivity index (χ2n) is 7.32. The number of hydrogen-bond acceptors (Lipinski definition) is 7. The van der Waals surface area contributed by atoms with Crippen LogP contribution in [-0.4, -0.2) is 60.3 Å². The lowest BCUT2D eigenvalue weighted by atomic mass is 10.1. The van der Waals surface area contributed by atoms with Gasteiger partial charge in [-0.25, -0.2) is 9.97 Å². The van der Waals surface area contributed by atoms with Crippen molar-refractivity contribution in [1.29, 1.82) is 0 Å². The fraction of sp³-hybridized carbons (Fsp3) is 0.476. The Morgan fingerprint density at radius 3 is 2.76 bits per heavy atom. The van der Waals surface area contributed by atoms with Crippen LogP contribution in [0.5, 0.6) is 11.5 Å². The maximum Gasteiger partial charge on any atom is 0.270 e. The number of anilines is 1. The molecule has 3 heterocycles. The number of benzene rings is 1. The number of carbonyl (C=O) groups excluding carboxylic acids is 1. The van der Waals surface area contributed by atoms with E-state index in [1.54, 1.807) is 6.07 Å². The van der Waals surface area contributed by atoms with E-state index in [0.29, 0.717) is 19.0 Å². The normalized spacial score (nSPS) is 16.1. The number of amides is 1. The first kappa shape index (κ1) is 19.4. The van der Waals surface area contributed by atoms with Crippen molar-refractivity contribution in [2.75, 3.05) is 44.4 Å². The van der Waals surface area contributed by atoms with E-state index >= 15 is 0 Å². The standard InChI is InChI=1S/C21H27N5O3/c1-2-3-6-22-21(27)17-12-20(24-14-23-17)26-9-7-25(8-10-26)13-16-4-5-18-19(11-16)29-15-28-18/h4-5,11-12,14H,2-3,6-10,13,15H2,1H3,(H,22,27). The molecule has 0 aliphatic carbocycles. The molecule has 0 unspecified atom stereocenters. The number of nitrogens with one attached hydrogen (secondary N) is 1. The molecule has 4 rings (SSSR count). The predicted molar refractivity (Wildman–Crippen MR) is 109 cm³/mol. The minimum Gasteiger partial charge on any atom is -0.454 e. The first-order chi connectivity index (χ1) is 14.2. The lowest BCUT2D eigenvalue weighted by molar-refractivity contribution is 0.0948. The highest BCUT2D eigenvalue weighted by atomic mass is 16.7. The van der Waals surface area contributed by atoms with Gasteiger partial charge in [-0.15, -0.1) is 0 Å². The summed E-state index contributed by atoms with van der Waals surface area (Å²) in [7, 11) is 0. The summed E-state index contributed by atoms with van der Waals surface area (Å²) in [5.41, 5.74) is 1.64. The van der Waals surface area contributed by atoms with Crippen molar-refractivity contribution in [3.05, 3.63) is 41.9 Å². The van der Waals surface area contributed by atoms with Crippen LogP contribution in [0.15, 0.2) is 30.6 Å². The Morgan fingerprint density at radius 1 is 1.10 bits per heavy atom. The van der Waals surface area contributed by atoms with Crippen LogP contribution in [0.4, 0.5) is 5.82 Å². The quantitative estimate of drug-likeness (QED) is 0.717. The van der Waals surface area contributed by atoms with Crippen LogP contribution in [0.2, 0.25) is 0 Å². The molecule has 8 heteroatoms. The number of rotatable bonds is 7. The van der Waals surface area contributed by atoms with Crippen molar-refractivity contribution in [1.82, 2.24) is 20.2 Å². The van der Waals surface area contributed by atoms with Gasteiger partial charge < -0.3 is 19.7 Å². The van der Waals surface area contributed by atoms with Crippen molar-refractivity contribution in [2.24, 2.45) is 0 Å². The molecular formula is C21H27N5O3. The number of aromatic nitrogens is 2. The number of piperazine rings is 1. The number of carbonyl (C=O) groups is 1. The summed E-state index contributed by atoms with van der Waals surface area (Å²) < 4.78 is 10.8. The molecule has 1 N–H and O–H groups in total. The molecule has 0 radical (unpaired) electrons. The maximum atomic E-state index is 12.2. The van der Waals surface area contributed by atoms with E-state index in [9.17, 15) is 4.79 Å². The van der Waals surface area contributed by atoms with Crippen LogP contribution in [0.1, 0.15) is 35.8 Å². The second kappa shape index (κ2) is 9.09. The smallest absolute Gasteiger partial charge is 0.270 e. The van der Waals surface area contributed by atoms with Crippen molar-refractivity contribution in [3.63, 3.8) is 0 Å².